The van der Waals surface area contributed by atoms with Gasteiger partial charge in [-0.1, -0.05) is 90.1 Å². The molecule has 4 nitrogen and oxygen atoms in total. The average Bonchev–Trinajstić information content (AvgIpc) is 3.39. The molecule has 3 aromatic carbocycles. The fourth-order valence-electron chi connectivity index (χ4n) is 4.73. The Hall–Kier alpha value is -2.60. The molecule has 1 aliphatic rings. The number of amides is 2. The zero-order valence-electron chi connectivity index (χ0n) is 20.2. The highest BCUT2D eigenvalue weighted by atomic mass is 35.5. The van der Waals surface area contributed by atoms with Crippen LogP contribution in [0, 0.1) is 5.82 Å². The van der Waals surface area contributed by atoms with Crippen molar-refractivity contribution in [1.82, 2.24) is 10.2 Å². The summed E-state index contributed by atoms with van der Waals surface area (Å²) in [5, 5.41) is 4.05. The average molecular weight is 562 g/mol. The second-order valence-electron chi connectivity index (χ2n) is 9.29. The lowest BCUT2D eigenvalue weighted by atomic mass is 10.0. The molecular weight excluding hydrogens is 534 g/mol. The van der Waals surface area contributed by atoms with Crippen molar-refractivity contribution >= 4 is 46.6 Å². The normalized spacial score (nSPS) is 14.4. The summed E-state index contributed by atoms with van der Waals surface area (Å²) >= 11 is 19.2. The third kappa shape index (κ3) is 7.04. The molecule has 1 N–H and O–H groups in total. The number of carbonyl (C=O) groups is 2. The van der Waals surface area contributed by atoms with E-state index in [0.29, 0.717) is 15.6 Å². The largest absolute Gasteiger partial charge is 0.352 e. The van der Waals surface area contributed by atoms with E-state index in [9.17, 15) is 14.0 Å². The molecular formula is C29H28Cl3FN2O2. The van der Waals surface area contributed by atoms with Gasteiger partial charge in [-0.05, 0) is 42.7 Å². The molecule has 1 fully saturated rings. The Bertz CT molecular complexity index is 1210. The van der Waals surface area contributed by atoms with E-state index in [0.717, 1.165) is 31.2 Å². The molecule has 1 atom stereocenters. The standard InChI is InChI=1S/C29H28Cl3FN2O2/c30-23-14-7-15-26(33)21(23)17-28(36)35(18-22-24(31)12-6-13-25(22)32)27(16-19-8-2-1-3-9-19)29(37)34-20-10-4-5-11-20/h1-3,6-9,12-15,20,27H,4-5,10-11,16-18H2,(H,34,37)/t27-/m0/s1. The van der Waals surface area contributed by atoms with Gasteiger partial charge in [-0.2, -0.15) is 0 Å². The maximum absolute atomic E-state index is 14.6. The number of hydrogen-bond acceptors (Lipinski definition) is 2. The number of benzene rings is 3. The molecule has 37 heavy (non-hydrogen) atoms. The van der Waals surface area contributed by atoms with Crippen LogP contribution in [0.2, 0.25) is 15.1 Å². The highest BCUT2D eigenvalue weighted by Gasteiger charge is 2.33. The van der Waals surface area contributed by atoms with Crippen LogP contribution in [0.3, 0.4) is 0 Å². The minimum absolute atomic E-state index is 0.0149. The van der Waals surface area contributed by atoms with Crippen molar-refractivity contribution in [3.05, 3.63) is 104 Å². The van der Waals surface area contributed by atoms with Gasteiger partial charge in [0.25, 0.3) is 0 Å². The maximum atomic E-state index is 14.6. The van der Waals surface area contributed by atoms with Crippen molar-refractivity contribution in [1.29, 1.82) is 0 Å². The van der Waals surface area contributed by atoms with E-state index in [4.69, 9.17) is 34.8 Å². The summed E-state index contributed by atoms with van der Waals surface area (Å²) in [7, 11) is 0. The third-order valence-electron chi connectivity index (χ3n) is 6.75. The predicted molar refractivity (Wildman–Crippen MR) is 146 cm³/mol. The Labute approximate surface area is 231 Å². The molecule has 0 unspecified atom stereocenters. The Morgan fingerprint density at radius 2 is 1.46 bits per heavy atom. The van der Waals surface area contributed by atoms with Gasteiger partial charge in [-0.15, -0.1) is 0 Å². The molecule has 8 heteroatoms. The summed E-state index contributed by atoms with van der Waals surface area (Å²) in [6, 6.07) is 18.1. The predicted octanol–water partition coefficient (Wildman–Crippen LogP) is 7.03. The van der Waals surface area contributed by atoms with Crippen LogP contribution in [0.15, 0.2) is 66.7 Å². The molecule has 1 saturated carbocycles. The molecule has 0 aliphatic heterocycles. The van der Waals surface area contributed by atoms with Gasteiger partial charge in [-0.3, -0.25) is 9.59 Å². The van der Waals surface area contributed by atoms with Crippen LogP contribution in [0.25, 0.3) is 0 Å². The van der Waals surface area contributed by atoms with Crippen molar-refractivity contribution in [2.75, 3.05) is 0 Å². The van der Waals surface area contributed by atoms with Crippen molar-refractivity contribution < 1.29 is 14.0 Å². The third-order valence-corrected chi connectivity index (χ3v) is 7.81. The van der Waals surface area contributed by atoms with Crippen LogP contribution in [0.5, 0.6) is 0 Å². The summed E-state index contributed by atoms with van der Waals surface area (Å²) in [6.07, 6.45) is 3.88. The minimum Gasteiger partial charge on any atom is -0.352 e. The van der Waals surface area contributed by atoms with Gasteiger partial charge in [0.2, 0.25) is 11.8 Å². The number of hydrogen-bond donors (Lipinski definition) is 1. The van der Waals surface area contributed by atoms with Gasteiger partial charge >= 0.3 is 0 Å². The molecule has 0 bridgehead atoms. The van der Waals surface area contributed by atoms with Gasteiger partial charge in [0, 0.05) is 45.2 Å². The molecule has 0 saturated heterocycles. The summed E-state index contributed by atoms with van der Waals surface area (Å²) in [5.74, 6) is -1.29. The number of nitrogens with zero attached hydrogens (tertiary/aromatic N) is 1. The van der Waals surface area contributed by atoms with E-state index in [1.807, 2.05) is 30.3 Å². The van der Waals surface area contributed by atoms with Crippen molar-refractivity contribution in [3.8, 4) is 0 Å². The second kappa shape index (κ2) is 12.8. The van der Waals surface area contributed by atoms with E-state index in [1.165, 1.54) is 23.1 Å². The van der Waals surface area contributed by atoms with Crippen molar-refractivity contribution in [3.63, 3.8) is 0 Å². The smallest absolute Gasteiger partial charge is 0.243 e. The van der Waals surface area contributed by atoms with Gasteiger partial charge < -0.3 is 10.2 Å². The molecule has 0 spiro atoms. The molecule has 0 heterocycles. The fraction of sp³-hybridized carbons (Fsp3) is 0.310. The summed E-state index contributed by atoms with van der Waals surface area (Å²) in [4.78, 5) is 29.0. The first-order valence-electron chi connectivity index (χ1n) is 12.3. The molecule has 1 aliphatic carbocycles. The lowest BCUT2D eigenvalue weighted by Crippen LogP contribution is -2.52. The van der Waals surface area contributed by atoms with E-state index in [-0.39, 0.29) is 41.9 Å². The number of nitrogens with one attached hydrogen (secondary N) is 1. The molecule has 0 radical (unpaired) electrons. The first kappa shape index (κ1) is 27.4. The van der Waals surface area contributed by atoms with Crippen LogP contribution >= 0.6 is 34.8 Å². The van der Waals surface area contributed by atoms with Crippen LogP contribution in [-0.4, -0.2) is 28.8 Å². The van der Waals surface area contributed by atoms with E-state index < -0.39 is 17.8 Å². The Morgan fingerprint density at radius 3 is 2.08 bits per heavy atom. The SMILES string of the molecule is O=C(NC1CCCC1)[C@H](Cc1ccccc1)N(Cc1c(Cl)cccc1Cl)C(=O)Cc1c(F)cccc1Cl. The van der Waals surface area contributed by atoms with Gasteiger partial charge in [-0.25, -0.2) is 4.39 Å². The molecule has 2 amide bonds. The Morgan fingerprint density at radius 1 is 0.865 bits per heavy atom. The quantitative estimate of drug-likeness (QED) is 0.305. The number of rotatable bonds is 9. The Balaban J connectivity index is 1.73. The number of halogens is 4. The van der Waals surface area contributed by atoms with Crippen molar-refractivity contribution in [2.24, 2.45) is 0 Å². The van der Waals surface area contributed by atoms with Gasteiger partial charge in [0.05, 0.1) is 6.42 Å². The van der Waals surface area contributed by atoms with Crippen LogP contribution in [-0.2, 0) is 29.0 Å². The van der Waals surface area contributed by atoms with Gasteiger partial charge in [0.15, 0.2) is 0 Å². The molecule has 0 aromatic heterocycles. The van der Waals surface area contributed by atoms with Crippen LogP contribution < -0.4 is 5.32 Å². The van der Waals surface area contributed by atoms with E-state index >= 15 is 0 Å². The lowest BCUT2D eigenvalue weighted by molar-refractivity contribution is -0.141. The molecule has 194 valence electrons. The van der Waals surface area contributed by atoms with Crippen molar-refractivity contribution in [2.45, 2.75) is 57.2 Å². The Kier molecular flexibility index (Phi) is 9.47. The summed E-state index contributed by atoms with van der Waals surface area (Å²) < 4.78 is 14.6. The second-order valence-corrected chi connectivity index (χ2v) is 10.5. The van der Waals surface area contributed by atoms with E-state index in [2.05, 4.69) is 5.32 Å². The lowest BCUT2D eigenvalue weighted by Gasteiger charge is -2.33. The van der Waals surface area contributed by atoms with Crippen LogP contribution in [0.4, 0.5) is 4.39 Å². The monoisotopic (exact) mass is 560 g/mol. The van der Waals surface area contributed by atoms with E-state index in [1.54, 1.807) is 18.2 Å². The zero-order valence-corrected chi connectivity index (χ0v) is 22.5. The molecule has 4 rings (SSSR count). The topological polar surface area (TPSA) is 49.4 Å². The number of carbonyl (C=O) groups excluding carboxylic acids is 2. The maximum Gasteiger partial charge on any atom is 0.243 e. The fourth-order valence-corrected chi connectivity index (χ4v) is 5.48. The highest BCUT2D eigenvalue weighted by molar-refractivity contribution is 6.36. The first-order valence-corrected chi connectivity index (χ1v) is 13.5. The van der Waals surface area contributed by atoms with Crippen LogP contribution in [0.1, 0.15) is 42.4 Å². The minimum atomic E-state index is -0.867. The van der Waals surface area contributed by atoms with Gasteiger partial charge in [0.1, 0.15) is 11.9 Å². The highest BCUT2D eigenvalue weighted by Crippen LogP contribution is 2.29. The summed E-state index contributed by atoms with van der Waals surface area (Å²) in [5.41, 5.74) is 1.49. The molecule has 3 aromatic rings. The summed E-state index contributed by atoms with van der Waals surface area (Å²) in [6.45, 7) is -0.0149. The first-order chi connectivity index (χ1) is 17.8. The zero-order chi connectivity index (χ0) is 26.4.